The molecule has 0 amide bonds. The van der Waals surface area contributed by atoms with Crippen molar-refractivity contribution in [3.8, 4) is 0 Å². The van der Waals surface area contributed by atoms with Crippen molar-refractivity contribution in [2.75, 3.05) is 0 Å². The van der Waals surface area contributed by atoms with Crippen molar-refractivity contribution in [3.05, 3.63) is 73.7 Å². The van der Waals surface area contributed by atoms with Crippen LogP contribution in [0.4, 0.5) is 0 Å². The summed E-state index contributed by atoms with van der Waals surface area (Å²) in [6.07, 6.45) is 1.61. The summed E-state index contributed by atoms with van der Waals surface area (Å²) in [5.74, 6) is -0.0228. The van der Waals surface area contributed by atoms with Gasteiger partial charge in [0.25, 0.3) is 0 Å². The van der Waals surface area contributed by atoms with E-state index in [0.717, 1.165) is 14.7 Å². The number of benzene rings is 2. The Morgan fingerprint density at radius 2 is 1.60 bits per heavy atom. The molecule has 0 atom stereocenters. The summed E-state index contributed by atoms with van der Waals surface area (Å²) in [5.41, 5.74) is 1.59. The van der Waals surface area contributed by atoms with Gasteiger partial charge in [-0.25, -0.2) is 8.42 Å². The zero-order chi connectivity index (χ0) is 14.6. The predicted molar refractivity (Wildman–Crippen MR) is 92.3 cm³/mol. The number of sulfone groups is 1. The largest absolute Gasteiger partial charge is 0.224 e. The first-order valence-electron chi connectivity index (χ1n) is 5.85. The predicted octanol–water partition coefficient (Wildman–Crippen LogP) is 4.53. The van der Waals surface area contributed by atoms with E-state index in [9.17, 15) is 8.42 Å². The Morgan fingerprint density at radius 1 is 1.00 bits per heavy atom. The van der Waals surface area contributed by atoms with Gasteiger partial charge in [0.2, 0.25) is 0 Å². The van der Waals surface area contributed by atoms with Gasteiger partial charge in [0.15, 0.2) is 9.84 Å². The zero-order valence-corrected chi connectivity index (χ0v) is 14.2. The van der Waals surface area contributed by atoms with Gasteiger partial charge in [-0.2, -0.15) is 0 Å². The van der Waals surface area contributed by atoms with Crippen molar-refractivity contribution < 1.29 is 8.42 Å². The quantitative estimate of drug-likeness (QED) is 0.684. The Hall–Kier alpha value is -0.850. The van der Waals surface area contributed by atoms with Crippen LogP contribution < -0.4 is 0 Å². The third-order valence-electron chi connectivity index (χ3n) is 2.62. The molecule has 0 saturated heterocycles. The topological polar surface area (TPSA) is 34.1 Å². The zero-order valence-electron chi connectivity index (χ0n) is 10.5. The Bertz CT molecular complexity index is 705. The molecular weight excluding hydrogens is 407 g/mol. The minimum absolute atomic E-state index is 0.0228. The molecule has 0 fully saturated rings. The first-order chi connectivity index (χ1) is 9.44. The highest BCUT2D eigenvalue weighted by molar-refractivity contribution is 14.1. The lowest BCUT2D eigenvalue weighted by molar-refractivity contribution is 0.604. The normalized spacial score (nSPS) is 11.9. The van der Waals surface area contributed by atoms with Crippen LogP contribution in [0, 0.1) is 3.57 Å². The Labute approximate surface area is 137 Å². The molecule has 0 aliphatic heterocycles. The molecule has 5 heteroatoms. The smallest absolute Gasteiger partial charge is 0.175 e. The molecule has 2 aromatic rings. The highest BCUT2D eigenvalue weighted by Gasteiger charge is 2.07. The molecule has 20 heavy (non-hydrogen) atoms. The molecule has 0 saturated carbocycles. The van der Waals surface area contributed by atoms with Crippen molar-refractivity contribution in [1.82, 2.24) is 0 Å². The molecule has 0 spiro atoms. The number of rotatable bonds is 4. The van der Waals surface area contributed by atoms with Crippen LogP contribution in [0.2, 0.25) is 5.02 Å². The maximum atomic E-state index is 12.0. The van der Waals surface area contributed by atoms with E-state index < -0.39 is 9.84 Å². The summed E-state index contributed by atoms with van der Waals surface area (Å²) < 4.78 is 25.1. The fourth-order valence-electron chi connectivity index (χ4n) is 1.62. The molecule has 0 aromatic heterocycles. The van der Waals surface area contributed by atoms with E-state index in [2.05, 4.69) is 22.6 Å². The van der Waals surface area contributed by atoms with Gasteiger partial charge in [0.1, 0.15) is 0 Å². The summed E-state index contributed by atoms with van der Waals surface area (Å²) in [6, 6.07) is 14.5. The minimum atomic E-state index is -3.28. The van der Waals surface area contributed by atoms with Crippen molar-refractivity contribution in [2.24, 2.45) is 0 Å². The summed E-state index contributed by atoms with van der Waals surface area (Å²) in [4.78, 5) is 0. The van der Waals surface area contributed by atoms with Crippen LogP contribution in [-0.4, -0.2) is 8.42 Å². The van der Waals surface area contributed by atoms with Gasteiger partial charge in [0, 0.05) is 14.0 Å². The lowest BCUT2D eigenvalue weighted by Gasteiger charge is -2.00. The van der Waals surface area contributed by atoms with E-state index in [0.29, 0.717) is 5.02 Å². The molecule has 0 N–H and O–H groups in total. The van der Waals surface area contributed by atoms with Crippen LogP contribution in [0.1, 0.15) is 11.1 Å². The van der Waals surface area contributed by atoms with E-state index >= 15 is 0 Å². The Morgan fingerprint density at radius 3 is 2.20 bits per heavy atom. The van der Waals surface area contributed by atoms with Crippen molar-refractivity contribution in [1.29, 1.82) is 0 Å². The molecule has 2 rings (SSSR count). The molecule has 0 aliphatic rings. The third-order valence-corrected chi connectivity index (χ3v) is 4.88. The van der Waals surface area contributed by atoms with Gasteiger partial charge in [-0.3, -0.25) is 0 Å². The molecule has 0 aliphatic carbocycles. The molecule has 2 nitrogen and oxygen atoms in total. The van der Waals surface area contributed by atoms with Crippen LogP contribution >= 0.6 is 34.2 Å². The average Bonchev–Trinajstić information content (AvgIpc) is 2.41. The highest BCUT2D eigenvalue weighted by Crippen LogP contribution is 2.14. The van der Waals surface area contributed by atoms with Crippen molar-refractivity contribution in [2.45, 2.75) is 5.75 Å². The van der Waals surface area contributed by atoms with Gasteiger partial charge in [-0.1, -0.05) is 35.9 Å². The average molecular weight is 419 g/mol. The van der Waals surface area contributed by atoms with E-state index in [1.54, 1.807) is 30.3 Å². The van der Waals surface area contributed by atoms with Gasteiger partial charge in [-0.05, 0) is 64.1 Å². The second kappa shape index (κ2) is 6.74. The first-order valence-corrected chi connectivity index (χ1v) is 9.03. The summed E-state index contributed by atoms with van der Waals surface area (Å²) >= 11 is 7.98. The van der Waals surface area contributed by atoms with Crippen LogP contribution in [0.25, 0.3) is 6.08 Å². The van der Waals surface area contributed by atoms with Gasteiger partial charge in [0.05, 0.1) is 5.75 Å². The van der Waals surface area contributed by atoms with Crippen LogP contribution in [-0.2, 0) is 15.6 Å². The molecule has 2 aromatic carbocycles. The van der Waals surface area contributed by atoms with Crippen LogP contribution in [0.3, 0.4) is 0 Å². The SMILES string of the molecule is O=S(=O)(C=Cc1ccc(I)cc1)Cc1ccc(Cl)cc1. The van der Waals surface area contributed by atoms with Gasteiger partial charge in [-0.15, -0.1) is 0 Å². The Kier molecular flexibility index (Phi) is 5.23. The van der Waals surface area contributed by atoms with Crippen molar-refractivity contribution in [3.63, 3.8) is 0 Å². The second-order valence-electron chi connectivity index (χ2n) is 4.29. The molecular formula is C15H12ClIO2S. The van der Waals surface area contributed by atoms with E-state index in [1.807, 2.05) is 24.3 Å². The maximum Gasteiger partial charge on any atom is 0.175 e. The maximum absolute atomic E-state index is 12.0. The second-order valence-corrected chi connectivity index (χ2v) is 7.86. The first kappa shape index (κ1) is 15.5. The third kappa shape index (κ3) is 4.92. The summed E-state index contributed by atoms with van der Waals surface area (Å²) in [7, 11) is -3.28. The standard InChI is InChI=1S/C15H12ClIO2S/c16-14-5-1-13(2-6-14)11-20(18,19)10-9-12-3-7-15(17)8-4-12/h1-10H,11H2. The lowest BCUT2D eigenvalue weighted by Crippen LogP contribution is -1.99. The minimum Gasteiger partial charge on any atom is -0.224 e. The lowest BCUT2D eigenvalue weighted by atomic mass is 10.2. The number of hydrogen-bond donors (Lipinski definition) is 0. The highest BCUT2D eigenvalue weighted by atomic mass is 127. The summed E-state index contributed by atoms with van der Waals surface area (Å²) in [5, 5.41) is 1.85. The van der Waals surface area contributed by atoms with E-state index in [-0.39, 0.29) is 5.75 Å². The number of halogens is 2. The van der Waals surface area contributed by atoms with Crippen LogP contribution in [0.5, 0.6) is 0 Å². The fourth-order valence-corrected chi connectivity index (χ4v) is 3.22. The summed E-state index contributed by atoms with van der Waals surface area (Å²) in [6.45, 7) is 0. The van der Waals surface area contributed by atoms with E-state index in [4.69, 9.17) is 11.6 Å². The van der Waals surface area contributed by atoms with Crippen LogP contribution in [0.15, 0.2) is 53.9 Å². The monoisotopic (exact) mass is 418 g/mol. The molecule has 104 valence electrons. The van der Waals surface area contributed by atoms with E-state index in [1.165, 1.54) is 5.41 Å². The Balaban J connectivity index is 2.11. The van der Waals surface area contributed by atoms with Gasteiger partial charge < -0.3 is 0 Å². The molecule has 0 unspecified atom stereocenters. The molecule has 0 heterocycles. The van der Waals surface area contributed by atoms with Gasteiger partial charge >= 0.3 is 0 Å². The fraction of sp³-hybridized carbons (Fsp3) is 0.0667. The number of hydrogen-bond acceptors (Lipinski definition) is 2. The van der Waals surface area contributed by atoms with Crippen molar-refractivity contribution >= 4 is 50.1 Å². The molecule has 0 bridgehead atoms. The molecule has 0 radical (unpaired) electrons.